The molecule has 24 heavy (non-hydrogen) atoms. The van der Waals surface area contributed by atoms with Gasteiger partial charge in [0.25, 0.3) is 0 Å². The third-order valence-electron chi connectivity index (χ3n) is 3.53. The Kier molecular flexibility index (Phi) is 4.39. The van der Waals surface area contributed by atoms with Gasteiger partial charge in [0, 0.05) is 36.8 Å². The first-order valence-electron chi connectivity index (χ1n) is 7.49. The minimum Gasteiger partial charge on any atom is -0.382 e. The fraction of sp³-hybridized carbons (Fsp3) is 0.105. The third-order valence-corrected chi connectivity index (χ3v) is 3.53. The van der Waals surface area contributed by atoms with Crippen LogP contribution >= 0.6 is 0 Å². The van der Waals surface area contributed by atoms with Crippen LogP contribution < -0.4 is 5.73 Å². The Bertz CT molecular complexity index is 943. The summed E-state index contributed by atoms with van der Waals surface area (Å²) >= 11 is 0. The summed E-state index contributed by atoms with van der Waals surface area (Å²) in [5.41, 5.74) is 10.5. The summed E-state index contributed by atoms with van der Waals surface area (Å²) < 4.78 is 1.70. The van der Waals surface area contributed by atoms with E-state index in [4.69, 9.17) is 5.73 Å². The lowest BCUT2D eigenvalue weighted by Gasteiger charge is -2.04. The second kappa shape index (κ2) is 6.80. The standard InChI is InChI=1S/C19H17N5/c1-14-12-15(5-6-16-4-3-10-21-13-16)7-8-17(14)23-19(20)18-9-11-22-24(18)2/h3-4,7-13H,1-2H3,(H2,20,23). The Hall–Kier alpha value is -3.39. The van der Waals surface area contributed by atoms with Crippen molar-refractivity contribution < 1.29 is 0 Å². The number of amidine groups is 1. The molecule has 2 N–H and O–H groups in total. The molecule has 1 aromatic carbocycles. The Balaban J connectivity index is 1.86. The van der Waals surface area contributed by atoms with Crippen LogP contribution in [0, 0.1) is 18.8 Å². The fourth-order valence-corrected chi connectivity index (χ4v) is 2.25. The van der Waals surface area contributed by atoms with Crippen LogP contribution in [0.15, 0.2) is 60.0 Å². The van der Waals surface area contributed by atoms with Crippen LogP contribution in [-0.4, -0.2) is 20.6 Å². The predicted molar refractivity (Wildman–Crippen MR) is 95.0 cm³/mol. The molecule has 0 amide bonds. The second-order valence-corrected chi connectivity index (χ2v) is 5.33. The van der Waals surface area contributed by atoms with Gasteiger partial charge >= 0.3 is 0 Å². The molecule has 3 aromatic rings. The third kappa shape index (κ3) is 3.50. The van der Waals surface area contributed by atoms with Crippen LogP contribution in [0.1, 0.15) is 22.4 Å². The molecule has 2 heterocycles. The lowest BCUT2D eigenvalue weighted by Crippen LogP contribution is -2.17. The number of nitrogens with two attached hydrogens (primary N) is 1. The molecule has 0 aliphatic carbocycles. The summed E-state index contributed by atoms with van der Waals surface area (Å²) in [6, 6.07) is 11.5. The summed E-state index contributed by atoms with van der Waals surface area (Å²) in [6.45, 7) is 1.99. The minimum absolute atomic E-state index is 0.437. The highest BCUT2D eigenvalue weighted by Gasteiger charge is 2.05. The van der Waals surface area contributed by atoms with Crippen molar-refractivity contribution in [2.75, 3.05) is 0 Å². The molecule has 0 saturated carbocycles. The van der Waals surface area contributed by atoms with E-state index in [9.17, 15) is 0 Å². The molecule has 5 heteroatoms. The zero-order valence-corrected chi connectivity index (χ0v) is 13.6. The zero-order chi connectivity index (χ0) is 16.9. The number of aromatic nitrogens is 3. The largest absolute Gasteiger partial charge is 0.382 e. The Morgan fingerprint density at radius 1 is 1.12 bits per heavy atom. The summed E-state index contributed by atoms with van der Waals surface area (Å²) in [4.78, 5) is 8.55. The van der Waals surface area contributed by atoms with Crippen LogP contribution in [0.2, 0.25) is 0 Å². The summed E-state index contributed by atoms with van der Waals surface area (Å²) in [5, 5.41) is 4.10. The molecule has 0 radical (unpaired) electrons. The van der Waals surface area contributed by atoms with E-state index in [1.165, 1.54) is 0 Å². The first kappa shape index (κ1) is 15.5. The van der Waals surface area contributed by atoms with Gasteiger partial charge in [-0.2, -0.15) is 5.10 Å². The topological polar surface area (TPSA) is 69.1 Å². The van der Waals surface area contributed by atoms with E-state index in [0.717, 1.165) is 28.1 Å². The first-order valence-corrected chi connectivity index (χ1v) is 7.49. The van der Waals surface area contributed by atoms with Crippen molar-refractivity contribution in [3.8, 4) is 11.8 Å². The molecule has 0 atom stereocenters. The van der Waals surface area contributed by atoms with Gasteiger partial charge in [0.1, 0.15) is 11.5 Å². The van der Waals surface area contributed by atoms with E-state index in [1.807, 2.05) is 50.4 Å². The van der Waals surface area contributed by atoms with Crippen LogP contribution in [0.25, 0.3) is 0 Å². The van der Waals surface area contributed by atoms with Crippen molar-refractivity contribution in [3.63, 3.8) is 0 Å². The molecule has 0 bridgehead atoms. The van der Waals surface area contributed by atoms with Gasteiger partial charge in [0.15, 0.2) is 0 Å². The average molecular weight is 315 g/mol. The van der Waals surface area contributed by atoms with Crippen LogP contribution in [0.5, 0.6) is 0 Å². The van der Waals surface area contributed by atoms with Crippen molar-refractivity contribution in [2.24, 2.45) is 17.8 Å². The summed E-state index contributed by atoms with van der Waals surface area (Å²) in [6.07, 6.45) is 5.17. The molecule has 0 saturated heterocycles. The van der Waals surface area contributed by atoms with Gasteiger partial charge in [-0.25, -0.2) is 4.99 Å². The monoisotopic (exact) mass is 315 g/mol. The Labute approximate surface area is 140 Å². The van der Waals surface area contributed by atoms with Crippen molar-refractivity contribution >= 4 is 11.5 Å². The van der Waals surface area contributed by atoms with Gasteiger partial charge in [-0.1, -0.05) is 11.8 Å². The lowest BCUT2D eigenvalue weighted by atomic mass is 10.1. The first-order chi connectivity index (χ1) is 11.6. The van der Waals surface area contributed by atoms with Crippen molar-refractivity contribution in [3.05, 3.63) is 77.4 Å². The number of aliphatic imine (C=N–C) groups is 1. The number of nitrogens with zero attached hydrogens (tertiary/aromatic N) is 4. The number of rotatable bonds is 2. The van der Waals surface area contributed by atoms with Crippen LogP contribution in [0.4, 0.5) is 5.69 Å². The highest BCUT2D eigenvalue weighted by Crippen LogP contribution is 2.20. The van der Waals surface area contributed by atoms with Crippen molar-refractivity contribution in [1.82, 2.24) is 14.8 Å². The molecule has 118 valence electrons. The van der Waals surface area contributed by atoms with E-state index in [2.05, 4.69) is 26.9 Å². The van der Waals surface area contributed by atoms with Gasteiger partial charge in [0.05, 0.1) is 5.69 Å². The number of aryl methyl sites for hydroxylation is 2. The highest BCUT2D eigenvalue weighted by molar-refractivity contribution is 5.97. The Morgan fingerprint density at radius 3 is 2.62 bits per heavy atom. The number of hydrogen-bond acceptors (Lipinski definition) is 3. The molecule has 0 spiro atoms. The molecule has 0 aliphatic rings. The quantitative estimate of drug-likeness (QED) is 0.449. The lowest BCUT2D eigenvalue weighted by molar-refractivity contribution is 0.759. The van der Waals surface area contributed by atoms with E-state index >= 15 is 0 Å². The molecule has 5 nitrogen and oxygen atoms in total. The predicted octanol–water partition coefficient (Wildman–Crippen LogP) is 2.56. The van der Waals surface area contributed by atoms with Gasteiger partial charge < -0.3 is 5.73 Å². The van der Waals surface area contributed by atoms with Gasteiger partial charge in [-0.3, -0.25) is 9.67 Å². The molecular formula is C19H17N5. The molecule has 0 aliphatic heterocycles. The highest BCUT2D eigenvalue weighted by atomic mass is 15.3. The fourth-order valence-electron chi connectivity index (χ4n) is 2.25. The zero-order valence-electron chi connectivity index (χ0n) is 13.6. The van der Waals surface area contributed by atoms with E-state index in [-0.39, 0.29) is 0 Å². The maximum atomic E-state index is 6.07. The Morgan fingerprint density at radius 2 is 1.96 bits per heavy atom. The maximum absolute atomic E-state index is 6.07. The minimum atomic E-state index is 0.437. The van der Waals surface area contributed by atoms with Crippen molar-refractivity contribution in [1.29, 1.82) is 0 Å². The summed E-state index contributed by atoms with van der Waals surface area (Å²) in [5.74, 6) is 6.67. The van der Waals surface area contributed by atoms with Crippen LogP contribution in [-0.2, 0) is 7.05 Å². The summed E-state index contributed by atoms with van der Waals surface area (Å²) in [7, 11) is 1.84. The van der Waals surface area contributed by atoms with Gasteiger partial charge in [-0.05, 0) is 48.9 Å². The number of pyridine rings is 1. The molecule has 0 fully saturated rings. The number of benzene rings is 1. The van der Waals surface area contributed by atoms with Gasteiger partial charge in [0.2, 0.25) is 0 Å². The maximum Gasteiger partial charge on any atom is 0.149 e. The number of hydrogen-bond donors (Lipinski definition) is 1. The average Bonchev–Trinajstić information content (AvgIpc) is 3.02. The molecule has 0 unspecified atom stereocenters. The molecular weight excluding hydrogens is 298 g/mol. The molecule has 3 rings (SSSR count). The van der Waals surface area contributed by atoms with Gasteiger partial charge in [-0.15, -0.1) is 0 Å². The smallest absolute Gasteiger partial charge is 0.149 e. The SMILES string of the molecule is Cc1cc(C#Cc2cccnc2)ccc1N=C(N)c1ccnn1C. The second-order valence-electron chi connectivity index (χ2n) is 5.33. The van der Waals surface area contributed by atoms with Crippen LogP contribution in [0.3, 0.4) is 0 Å². The van der Waals surface area contributed by atoms with E-state index < -0.39 is 0 Å². The van der Waals surface area contributed by atoms with E-state index in [1.54, 1.807) is 23.3 Å². The normalized spacial score (nSPS) is 11.0. The van der Waals surface area contributed by atoms with Crippen molar-refractivity contribution in [2.45, 2.75) is 6.92 Å². The molecule has 2 aromatic heterocycles. The van der Waals surface area contributed by atoms with E-state index in [0.29, 0.717) is 5.84 Å².